The molecule has 0 aromatic carbocycles. The van der Waals surface area contributed by atoms with E-state index in [1.807, 2.05) is 0 Å². The van der Waals surface area contributed by atoms with Gasteiger partial charge in [0.1, 0.15) is 0 Å². The summed E-state index contributed by atoms with van der Waals surface area (Å²) in [6, 6.07) is 1.31. The molecule has 0 aliphatic rings. The van der Waals surface area contributed by atoms with E-state index in [1.165, 1.54) is 6.07 Å². The van der Waals surface area contributed by atoms with Gasteiger partial charge in [-0.25, -0.2) is 9.37 Å². The molecule has 1 N–H and O–H groups in total. The molecular formula is C9H9F3N2OS. The highest BCUT2D eigenvalue weighted by atomic mass is 32.2. The van der Waals surface area contributed by atoms with Crippen molar-refractivity contribution in [1.82, 2.24) is 9.97 Å². The lowest BCUT2D eigenvalue weighted by molar-refractivity contribution is 0.373. The van der Waals surface area contributed by atoms with Gasteiger partial charge in [0.2, 0.25) is 0 Å². The molecule has 0 bridgehead atoms. The molecule has 1 heterocycles. The van der Waals surface area contributed by atoms with Crippen molar-refractivity contribution in [3.8, 4) is 0 Å². The minimum Gasteiger partial charge on any atom is -0.301 e. The first-order valence-corrected chi connectivity index (χ1v) is 5.38. The van der Waals surface area contributed by atoms with E-state index in [0.29, 0.717) is 10.9 Å². The van der Waals surface area contributed by atoms with Crippen LogP contribution in [0.5, 0.6) is 0 Å². The minimum absolute atomic E-state index is 0.0928. The fraction of sp³-hybridized carbons (Fsp3) is 0.333. The summed E-state index contributed by atoms with van der Waals surface area (Å²) >= 11 is 1.02. The van der Waals surface area contributed by atoms with Gasteiger partial charge in [0.05, 0.1) is 0 Å². The summed E-state index contributed by atoms with van der Waals surface area (Å²) in [7, 11) is 0. The van der Waals surface area contributed by atoms with Gasteiger partial charge in [-0.1, -0.05) is 11.8 Å². The number of thioether (sulfide) groups is 1. The number of aromatic nitrogens is 2. The van der Waals surface area contributed by atoms with Crippen molar-refractivity contribution in [2.75, 3.05) is 5.75 Å². The summed E-state index contributed by atoms with van der Waals surface area (Å²) in [6.07, 6.45) is -2.68. The molecule has 1 aromatic heterocycles. The van der Waals surface area contributed by atoms with Gasteiger partial charge in [-0.15, -0.1) is 0 Å². The number of aryl methyl sites for hydroxylation is 1. The lowest BCUT2D eigenvalue weighted by Crippen LogP contribution is -2.08. The highest BCUT2D eigenvalue weighted by Gasteiger charge is 2.06. The van der Waals surface area contributed by atoms with Crippen LogP contribution in [0.15, 0.2) is 27.9 Å². The van der Waals surface area contributed by atoms with Gasteiger partial charge in [-0.05, 0) is 6.92 Å². The number of H-pyrrole nitrogens is 1. The second-order valence-electron chi connectivity index (χ2n) is 2.96. The lowest BCUT2D eigenvalue weighted by atomic mass is 10.4. The summed E-state index contributed by atoms with van der Waals surface area (Å²) in [6.45, 7) is 1.64. The first kappa shape index (κ1) is 12.8. The van der Waals surface area contributed by atoms with Crippen molar-refractivity contribution in [3.05, 3.63) is 34.0 Å². The minimum atomic E-state index is -2.30. The van der Waals surface area contributed by atoms with Crippen LogP contribution in [0.4, 0.5) is 13.2 Å². The molecule has 0 spiro atoms. The fourth-order valence-corrected chi connectivity index (χ4v) is 1.81. The largest absolute Gasteiger partial charge is 0.301 e. The van der Waals surface area contributed by atoms with Crippen LogP contribution in [0.25, 0.3) is 0 Å². The van der Waals surface area contributed by atoms with Gasteiger partial charge in [0.25, 0.3) is 5.56 Å². The first-order chi connectivity index (χ1) is 7.49. The smallest absolute Gasteiger partial charge is 0.301 e. The van der Waals surface area contributed by atoms with E-state index in [-0.39, 0.29) is 17.7 Å². The summed E-state index contributed by atoms with van der Waals surface area (Å²) in [4.78, 5) is 17.4. The van der Waals surface area contributed by atoms with Crippen LogP contribution >= 0.6 is 11.8 Å². The zero-order chi connectivity index (χ0) is 12.1. The summed E-state index contributed by atoms with van der Waals surface area (Å²) in [5.41, 5.74) is 0.210. The van der Waals surface area contributed by atoms with E-state index in [2.05, 4.69) is 9.97 Å². The van der Waals surface area contributed by atoms with Crippen LogP contribution in [-0.4, -0.2) is 15.7 Å². The van der Waals surface area contributed by atoms with Crippen LogP contribution in [-0.2, 0) is 0 Å². The van der Waals surface area contributed by atoms with Crippen molar-refractivity contribution < 1.29 is 13.2 Å². The molecule has 0 atom stereocenters. The molecule has 0 aliphatic heterocycles. The average molecular weight is 250 g/mol. The van der Waals surface area contributed by atoms with Crippen molar-refractivity contribution in [2.45, 2.75) is 18.5 Å². The summed E-state index contributed by atoms with van der Waals surface area (Å²) < 4.78 is 35.8. The Morgan fingerprint density at radius 3 is 2.75 bits per heavy atom. The maximum atomic E-state index is 12.4. The molecule has 7 heteroatoms. The molecule has 1 aromatic rings. The second-order valence-corrected chi connectivity index (χ2v) is 4.04. The highest BCUT2D eigenvalue weighted by Crippen LogP contribution is 2.19. The Morgan fingerprint density at radius 1 is 1.50 bits per heavy atom. The molecule has 0 aliphatic carbocycles. The number of aromatic amines is 1. The van der Waals surface area contributed by atoms with Crippen molar-refractivity contribution >= 4 is 11.8 Å². The van der Waals surface area contributed by atoms with Crippen LogP contribution < -0.4 is 5.56 Å². The molecule has 0 saturated carbocycles. The molecule has 3 nitrogen and oxygen atoms in total. The zero-order valence-corrected chi connectivity index (χ0v) is 9.21. The van der Waals surface area contributed by atoms with Crippen molar-refractivity contribution in [2.24, 2.45) is 0 Å². The predicted octanol–water partition coefficient (Wildman–Crippen LogP) is 2.64. The number of hydrogen-bond acceptors (Lipinski definition) is 3. The number of rotatable bonds is 4. The molecule has 1 rings (SSSR count). The molecule has 0 unspecified atom stereocenters. The topological polar surface area (TPSA) is 45.8 Å². The molecule has 88 valence electrons. The SMILES string of the molecule is Cc1cc(=O)[nH]c(SCCC(F)=C(F)F)n1. The van der Waals surface area contributed by atoms with E-state index in [1.54, 1.807) is 6.92 Å². The van der Waals surface area contributed by atoms with Crippen LogP contribution in [0.3, 0.4) is 0 Å². The maximum Gasteiger partial charge on any atom is 0.301 e. The molecule has 0 radical (unpaired) electrons. The van der Waals surface area contributed by atoms with E-state index in [0.717, 1.165) is 11.8 Å². The maximum absolute atomic E-state index is 12.4. The molecular weight excluding hydrogens is 241 g/mol. The van der Waals surface area contributed by atoms with E-state index < -0.39 is 11.9 Å². The first-order valence-electron chi connectivity index (χ1n) is 4.39. The Bertz CT molecular complexity index is 454. The zero-order valence-electron chi connectivity index (χ0n) is 8.39. The molecule has 0 saturated heterocycles. The van der Waals surface area contributed by atoms with Gasteiger partial charge in [0, 0.05) is 23.9 Å². The third-order valence-corrected chi connectivity index (χ3v) is 2.49. The quantitative estimate of drug-likeness (QED) is 0.660. The van der Waals surface area contributed by atoms with Crippen LogP contribution in [0, 0.1) is 6.92 Å². The molecule has 16 heavy (non-hydrogen) atoms. The van der Waals surface area contributed by atoms with Gasteiger partial charge in [-0.3, -0.25) is 4.79 Å². The van der Waals surface area contributed by atoms with Crippen molar-refractivity contribution in [1.29, 1.82) is 0 Å². The number of nitrogens with one attached hydrogen (secondary N) is 1. The Labute approximate surface area is 93.8 Å². The fourth-order valence-electron chi connectivity index (χ4n) is 0.952. The number of hydrogen-bond donors (Lipinski definition) is 1. The standard InChI is InChI=1S/C9H9F3N2OS/c1-5-4-7(15)14-9(13-5)16-3-2-6(10)8(11)12/h4H,2-3H2,1H3,(H,13,14,15). The average Bonchev–Trinajstić information content (AvgIpc) is 2.15. The molecule has 0 fully saturated rings. The van der Waals surface area contributed by atoms with Gasteiger partial charge in [-0.2, -0.15) is 8.78 Å². The van der Waals surface area contributed by atoms with Gasteiger partial charge in [0.15, 0.2) is 11.0 Å². The molecule has 0 amide bonds. The number of nitrogens with zero attached hydrogens (tertiary/aromatic N) is 1. The highest BCUT2D eigenvalue weighted by molar-refractivity contribution is 7.99. The number of allylic oxidation sites excluding steroid dienone is 1. The summed E-state index contributed by atoms with van der Waals surface area (Å²) in [5.74, 6) is -1.34. The van der Waals surface area contributed by atoms with Crippen LogP contribution in [0.1, 0.15) is 12.1 Å². The second kappa shape index (κ2) is 5.74. The van der Waals surface area contributed by atoms with Crippen molar-refractivity contribution in [3.63, 3.8) is 0 Å². The van der Waals surface area contributed by atoms with E-state index in [4.69, 9.17) is 0 Å². The monoisotopic (exact) mass is 250 g/mol. The Hall–Kier alpha value is -1.24. The Morgan fingerprint density at radius 2 is 2.19 bits per heavy atom. The normalized spacial score (nSPS) is 10.2. The Kier molecular flexibility index (Phi) is 4.60. The summed E-state index contributed by atoms with van der Waals surface area (Å²) in [5, 5.41) is 0.303. The third kappa shape index (κ3) is 4.09. The Balaban J connectivity index is 2.56. The lowest BCUT2D eigenvalue weighted by Gasteiger charge is -2.00. The third-order valence-electron chi connectivity index (χ3n) is 1.61. The van der Waals surface area contributed by atoms with Gasteiger partial charge >= 0.3 is 6.08 Å². The van der Waals surface area contributed by atoms with Crippen LogP contribution in [0.2, 0.25) is 0 Å². The van der Waals surface area contributed by atoms with E-state index >= 15 is 0 Å². The predicted molar refractivity (Wildman–Crippen MR) is 55.3 cm³/mol. The van der Waals surface area contributed by atoms with Gasteiger partial charge < -0.3 is 4.98 Å². The van der Waals surface area contributed by atoms with E-state index in [9.17, 15) is 18.0 Å². The number of halogens is 3.